The lowest BCUT2D eigenvalue weighted by molar-refractivity contribution is 0.0178. The topological polar surface area (TPSA) is 64.8 Å². The Morgan fingerprint density at radius 3 is 2.47 bits per heavy atom. The summed E-state index contributed by atoms with van der Waals surface area (Å²) in [7, 11) is 2.23. The molecule has 0 spiro atoms. The van der Waals surface area contributed by atoms with E-state index in [0.29, 0.717) is 12.5 Å². The molecule has 1 aliphatic heterocycles. The molecule has 1 rings (SSSR count). The fourth-order valence-electron chi connectivity index (χ4n) is 2.30. The van der Waals surface area contributed by atoms with Gasteiger partial charge < -0.3 is 19.9 Å². The van der Waals surface area contributed by atoms with E-state index in [9.17, 15) is 4.79 Å². The molecule has 2 atom stereocenters. The Hall–Kier alpha value is -0.380. The van der Waals surface area contributed by atoms with Crippen LogP contribution in [0.15, 0.2) is 0 Å². The van der Waals surface area contributed by atoms with Gasteiger partial charge in [-0.3, -0.25) is 0 Å². The van der Waals surface area contributed by atoms with Crippen molar-refractivity contribution in [3.05, 3.63) is 0 Å². The van der Waals surface area contributed by atoms with Crippen molar-refractivity contribution >= 4 is 15.6 Å². The SMILES string of the molecule is CC(C)(C)OC(=O)N1CCC(C[C@@H](N)COP)CC1. The van der Waals surface area contributed by atoms with E-state index >= 15 is 0 Å². The molecule has 0 bridgehead atoms. The van der Waals surface area contributed by atoms with Crippen molar-refractivity contribution in [1.29, 1.82) is 0 Å². The third kappa shape index (κ3) is 6.55. The number of rotatable bonds is 4. The molecule has 1 amide bonds. The lowest BCUT2D eigenvalue weighted by atomic mass is 9.91. The van der Waals surface area contributed by atoms with Gasteiger partial charge in [0.1, 0.15) is 5.60 Å². The summed E-state index contributed by atoms with van der Waals surface area (Å²) < 4.78 is 10.3. The highest BCUT2D eigenvalue weighted by Gasteiger charge is 2.27. The van der Waals surface area contributed by atoms with Crippen molar-refractivity contribution in [1.82, 2.24) is 4.90 Å². The molecule has 0 aromatic rings. The Morgan fingerprint density at radius 1 is 1.42 bits per heavy atom. The predicted molar refractivity (Wildman–Crippen MR) is 78.8 cm³/mol. The molecular formula is C13H27N2O3P. The summed E-state index contributed by atoms with van der Waals surface area (Å²) in [5.74, 6) is 0.578. The van der Waals surface area contributed by atoms with Gasteiger partial charge in [0, 0.05) is 28.6 Å². The highest BCUT2D eigenvalue weighted by molar-refractivity contribution is 7.09. The maximum atomic E-state index is 11.9. The number of piperidine rings is 1. The molecule has 5 nitrogen and oxygen atoms in total. The molecule has 6 heteroatoms. The molecule has 2 N–H and O–H groups in total. The van der Waals surface area contributed by atoms with Crippen LogP contribution in [-0.2, 0) is 9.26 Å². The van der Waals surface area contributed by atoms with Crippen LogP contribution in [0.25, 0.3) is 0 Å². The predicted octanol–water partition coefficient (Wildman–Crippen LogP) is 2.16. The summed E-state index contributed by atoms with van der Waals surface area (Å²) >= 11 is 0. The summed E-state index contributed by atoms with van der Waals surface area (Å²) in [4.78, 5) is 13.7. The molecule has 1 aliphatic rings. The molecule has 1 fully saturated rings. The van der Waals surface area contributed by atoms with Crippen molar-refractivity contribution in [3.8, 4) is 0 Å². The number of hydrogen-bond donors (Lipinski definition) is 1. The fraction of sp³-hybridized carbons (Fsp3) is 0.923. The van der Waals surface area contributed by atoms with E-state index in [1.807, 2.05) is 20.8 Å². The minimum absolute atomic E-state index is 0.0792. The van der Waals surface area contributed by atoms with Crippen LogP contribution in [0.1, 0.15) is 40.0 Å². The smallest absolute Gasteiger partial charge is 0.410 e. The number of hydrogen-bond acceptors (Lipinski definition) is 4. The minimum atomic E-state index is -0.424. The first-order valence-electron chi connectivity index (χ1n) is 6.87. The van der Waals surface area contributed by atoms with E-state index < -0.39 is 5.60 Å². The summed E-state index contributed by atoms with van der Waals surface area (Å²) in [5.41, 5.74) is 5.53. The summed E-state index contributed by atoms with van der Waals surface area (Å²) in [6.45, 7) is 7.75. The van der Waals surface area contributed by atoms with Crippen molar-refractivity contribution < 1.29 is 14.1 Å². The third-order valence-electron chi connectivity index (χ3n) is 3.21. The van der Waals surface area contributed by atoms with Gasteiger partial charge in [-0.2, -0.15) is 0 Å². The number of carbonyl (C=O) groups excluding carboxylic acids is 1. The largest absolute Gasteiger partial charge is 0.444 e. The van der Waals surface area contributed by atoms with E-state index in [1.54, 1.807) is 4.90 Å². The van der Waals surface area contributed by atoms with Gasteiger partial charge in [0.2, 0.25) is 0 Å². The highest BCUT2D eigenvalue weighted by Crippen LogP contribution is 2.23. The van der Waals surface area contributed by atoms with E-state index in [1.165, 1.54) is 0 Å². The van der Waals surface area contributed by atoms with Crippen molar-refractivity contribution in [3.63, 3.8) is 0 Å². The van der Waals surface area contributed by atoms with Crippen molar-refractivity contribution in [2.75, 3.05) is 19.7 Å². The summed E-state index contributed by atoms with van der Waals surface area (Å²) in [6.07, 6.45) is 2.73. The fourth-order valence-corrected chi connectivity index (χ4v) is 2.54. The number of likely N-dealkylation sites (tertiary alicyclic amines) is 1. The van der Waals surface area contributed by atoms with Gasteiger partial charge in [0.15, 0.2) is 0 Å². The Kier molecular flexibility index (Phi) is 6.51. The van der Waals surface area contributed by atoms with Gasteiger partial charge in [0.25, 0.3) is 0 Å². The Balaban J connectivity index is 2.30. The molecule has 0 saturated carbocycles. The number of ether oxygens (including phenoxy) is 1. The molecule has 0 aromatic heterocycles. The van der Waals surface area contributed by atoms with Crippen LogP contribution in [0, 0.1) is 5.92 Å². The average molecular weight is 290 g/mol. The molecule has 19 heavy (non-hydrogen) atoms. The molecule has 1 heterocycles. The van der Waals surface area contributed by atoms with E-state index in [2.05, 4.69) is 9.47 Å². The monoisotopic (exact) mass is 290 g/mol. The maximum Gasteiger partial charge on any atom is 0.410 e. The normalized spacial score (nSPS) is 19.3. The van der Waals surface area contributed by atoms with Crippen LogP contribution in [0.3, 0.4) is 0 Å². The Labute approximate surface area is 118 Å². The molecule has 112 valence electrons. The lowest BCUT2D eigenvalue weighted by Crippen LogP contribution is -2.42. The zero-order valence-electron chi connectivity index (χ0n) is 12.2. The molecule has 1 unspecified atom stereocenters. The number of nitrogens with zero attached hydrogens (tertiary/aromatic N) is 1. The third-order valence-corrected chi connectivity index (χ3v) is 3.41. The van der Waals surface area contributed by atoms with Gasteiger partial charge in [-0.05, 0) is 46.0 Å². The number of amides is 1. The second-order valence-corrected chi connectivity index (χ2v) is 6.57. The second kappa shape index (κ2) is 7.41. The van der Waals surface area contributed by atoms with Gasteiger partial charge in [-0.1, -0.05) is 0 Å². The molecule has 1 saturated heterocycles. The minimum Gasteiger partial charge on any atom is -0.444 e. The van der Waals surface area contributed by atoms with Gasteiger partial charge in [-0.15, -0.1) is 0 Å². The van der Waals surface area contributed by atoms with Gasteiger partial charge in [-0.25, -0.2) is 4.79 Å². The second-order valence-electron chi connectivity index (χ2n) is 6.24. The number of nitrogens with two attached hydrogens (primary N) is 1. The standard InChI is InChI=1S/C13H27N2O3P/c1-13(2,3)18-12(16)15-6-4-10(5-7-15)8-11(14)9-17-19/h10-11H,4-9,14,19H2,1-3H3/t11-/m1/s1. The Morgan fingerprint density at radius 2 is 2.00 bits per heavy atom. The van der Waals surface area contributed by atoms with Crippen molar-refractivity contribution in [2.24, 2.45) is 11.7 Å². The van der Waals surface area contributed by atoms with Crippen LogP contribution in [-0.4, -0.2) is 42.3 Å². The molecule has 0 aliphatic carbocycles. The van der Waals surface area contributed by atoms with Crippen molar-refractivity contribution in [2.45, 2.75) is 51.7 Å². The van der Waals surface area contributed by atoms with E-state index in [-0.39, 0.29) is 12.1 Å². The zero-order chi connectivity index (χ0) is 14.5. The van der Waals surface area contributed by atoms with E-state index in [0.717, 1.165) is 32.4 Å². The lowest BCUT2D eigenvalue weighted by Gasteiger charge is -2.34. The van der Waals surface area contributed by atoms with E-state index in [4.69, 9.17) is 15.0 Å². The first kappa shape index (κ1) is 16.7. The summed E-state index contributed by atoms with van der Waals surface area (Å²) in [6, 6.07) is 0.0792. The van der Waals surface area contributed by atoms with Crippen LogP contribution in [0.5, 0.6) is 0 Å². The van der Waals surface area contributed by atoms with Gasteiger partial charge >= 0.3 is 6.09 Å². The first-order valence-corrected chi connectivity index (χ1v) is 7.34. The highest BCUT2D eigenvalue weighted by atomic mass is 31.0. The van der Waals surface area contributed by atoms with Crippen LogP contribution < -0.4 is 5.73 Å². The quantitative estimate of drug-likeness (QED) is 0.806. The average Bonchev–Trinajstić information content (AvgIpc) is 2.27. The summed E-state index contributed by atoms with van der Waals surface area (Å²) in [5, 5.41) is 0. The van der Waals surface area contributed by atoms with Crippen LogP contribution in [0.2, 0.25) is 0 Å². The zero-order valence-corrected chi connectivity index (χ0v) is 13.4. The van der Waals surface area contributed by atoms with Crippen LogP contribution >= 0.6 is 9.47 Å². The molecular weight excluding hydrogens is 263 g/mol. The van der Waals surface area contributed by atoms with Crippen LogP contribution in [0.4, 0.5) is 4.79 Å². The Bertz CT molecular complexity index is 286. The first-order chi connectivity index (χ1) is 8.81. The number of carbonyl (C=O) groups is 1. The maximum absolute atomic E-state index is 11.9. The molecule has 0 radical (unpaired) electrons. The van der Waals surface area contributed by atoms with Gasteiger partial charge in [0.05, 0.1) is 6.61 Å². The molecule has 0 aromatic carbocycles.